The summed E-state index contributed by atoms with van der Waals surface area (Å²) in [6.45, 7) is 6.16. The summed E-state index contributed by atoms with van der Waals surface area (Å²) in [5.41, 5.74) is 7.93. The zero-order chi connectivity index (χ0) is 20.3. The molecule has 2 fully saturated rings. The molecule has 5 rings (SSSR count). The van der Waals surface area contributed by atoms with Crippen LogP contribution >= 0.6 is 11.3 Å². The maximum absolute atomic E-state index is 9.99. The number of benzene rings is 1. The number of aromatic nitrogens is 1. The van der Waals surface area contributed by atoms with Crippen LogP contribution in [0.3, 0.4) is 0 Å². The van der Waals surface area contributed by atoms with Crippen LogP contribution in [0.2, 0.25) is 0 Å². The van der Waals surface area contributed by atoms with E-state index < -0.39 is 0 Å². The summed E-state index contributed by atoms with van der Waals surface area (Å²) >= 11 is 1.71. The summed E-state index contributed by atoms with van der Waals surface area (Å²) in [5.74, 6) is 1.22. The Kier molecular flexibility index (Phi) is 4.41. The maximum Gasteiger partial charge on any atom is 0.198 e. The van der Waals surface area contributed by atoms with Gasteiger partial charge in [0, 0.05) is 30.6 Å². The molecule has 1 atom stereocenters. The lowest BCUT2D eigenvalue weighted by Gasteiger charge is -2.25. The monoisotopic (exact) mass is 406 g/mol. The van der Waals surface area contributed by atoms with Crippen LogP contribution in [-0.4, -0.2) is 43.1 Å². The summed E-state index contributed by atoms with van der Waals surface area (Å²) in [6.07, 6.45) is 3.39. The van der Waals surface area contributed by atoms with Crippen LogP contribution < -0.4 is 4.90 Å². The minimum atomic E-state index is 0.418. The minimum Gasteiger partial charge on any atom is -0.438 e. The molecular formula is C23H26N4OS. The van der Waals surface area contributed by atoms with Crippen molar-refractivity contribution in [2.45, 2.75) is 45.1 Å². The van der Waals surface area contributed by atoms with Gasteiger partial charge in [0.2, 0.25) is 0 Å². The van der Waals surface area contributed by atoms with E-state index in [1.165, 1.54) is 11.1 Å². The largest absolute Gasteiger partial charge is 0.438 e. The first-order chi connectivity index (χ1) is 14.0. The van der Waals surface area contributed by atoms with Gasteiger partial charge in [0.05, 0.1) is 11.3 Å². The summed E-state index contributed by atoms with van der Waals surface area (Å²) in [4.78, 5) is 9.57. The number of nitrogens with zero attached hydrogens (tertiary/aromatic N) is 4. The highest BCUT2D eigenvalue weighted by molar-refractivity contribution is 7.08. The quantitative estimate of drug-likeness (QED) is 0.606. The van der Waals surface area contributed by atoms with Crippen LogP contribution in [0.1, 0.15) is 47.8 Å². The Morgan fingerprint density at radius 2 is 2.03 bits per heavy atom. The first-order valence-electron chi connectivity index (χ1n) is 10.3. The van der Waals surface area contributed by atoms with Crippen LogP contribution in [0.25, 0.3) is 22.2 Å². The molecule has 0 amide bonds. The summed E-state index contributed by atoms with van der Waals surface area (Å²) in [7, 11) is 4.30. The molecule has 1 aromatic carbocycles. The molecule has 150 valence electrons. The van der Waals surface area contributed by atoms with E-state index in [1.807, 2.05) is 0 Å². The number of hydrogen-bond donors (Lipinski definition) is 0. The van der Waals surface area contributed by atoms with E-state index in [2.05, 4.69) is 54.6 Å². The first-order valence-corrected chi connectivity index (χ1v) is 11.3. The number of hydrogen-bond acceptors (Lipinski definition) is 6. The fourth-order valence-electron chi connectivity index (χ4n) is 4.52. The predicted octanol–water partition coefficient (Wildman–Crippen LogP) is 5.06. The van der Waals surface area contributed by atoms with Crippen molar-refractivity contribution in [3.8, 4) is 17.2 Å². The molecule has 0 radical (unpaired) electrons. The average Bonchev–Trinajstić information content (AvgIpc) is 3.08. The molecule has 0 N–H and O–H groups in total. The van der Waals surface area contributed by atoms with Gasteiger partial charge in [0.1, 0.15) is 11.6 Å². The van der Waals surface area contributed by atoms with Gasteiger partial charge in [-0.15, -0.1) is 0 Å². The van der Waals surface area contributed by atoms with Gasteiger partial charge in [-0.05, 0) is 74.7 Å². The molecule has 1 saturated carbocycles. The van der Waals surface area contributed by atoms with Crippen molar-refractivity contribution in [1.82, 2.24) is 9.88 Å². The maximum atomic E-state index is 9.99. The van der Waals surface area contributed by atoms with Gasteiger partial charge < -0.3 is 14.2 Å². The number of thiophene rings is 1. The number of anilines is 1. The molecule has 6 heteroatoms. The van der Waals surface area contributed by atoms with E-state index in [0.29, 0.717) is 17.5 Å². The fraction of sp³-hybridized carbons (Fsp3) is 0.478. The molecule has 3 aromatic rings. The van der Waals surface area contributed by atoms with Crippen LogP contribution in [0.5, 0.6) is 0 Å². The highest BCUT2D eigenvalue weighted by Gasteiger charge is 2.35. The molecule has 1 aliphatic carbocycles. The van der Waals surface area contributed by atoms with Crippen molar-refractivity contribution in [3.05, 3.63) is 33.3 Å². The fourth-order valence-corrected chi connectivity index (χ4v) is 5.36. The van der Waals surface area contributed by atoms with Crippen LogP contribution in [0, 0.1) is 25.2 Å². The molecule has 29 heavy (non-hydrogen) atoms. The molecule has 5 nitrogen and oxygen atoms in total. The molecule has 0 bridgehead atoms. The molecule has 2 aromatic heterocycles. The number of fused-ring (bicyclic) bond motifs is 1. The van der Waals surface area contributed by atoms with E-state index in [1.54, 1.807) is 11.3 Å². The third-order valence-corrected chi connectivity index (χ3v) is 7.32. The molecule has 1 saturated heterocycles. The highest BCUT2D eigenvalue weighted by atomic mass is 32.1. The summed E-state index contributed by atoms with van der Waals surface area (Å²) in [5, 5.41) is 14.4. The van der Waals surface area contributed by atoms with Gasteiger partial charge in [-0.25, -0.2) is 4.98 Å². The number of likely N-dealkylation sites (N-methyl/N-ethyl adjacent to an activating group) is 1. The normalized spacial score (nSPS) is 19.4. The first kappa shape index (κ1) is 18.7. The Morgan fingerprint density at radius 3 is 2.62 bits per heavy atom. The topological polar surface area (TPSA) is 56.3 Å². The van der Waals surface area contributed by atoms with E-state index in [4.69, 9.17) is 9.40 Å². The van der Waals surface area contributed by atoms with Crippen molar-refractivity contribution in [3.63, 3.8) is 0 Å². The smallest absolute Gasteiger partial charge is 0.198 e. The van der Waals surface area contributed by atoms with Crippen LogP contribution in [0.4, 0.5) is 5.69 Å². The molecule has 3 heterocycles. The van der Waals surface area contributed by atoms with Crippen molar-refractivity contribution in [2.75, 3.05) is 32.1 Å². The van der Waals surface area contributed by atoms with Crippen molar-refractivity contribution >= 4 is 28.1 Å². The summed E-state index contributed by atoms with van der Waals surface area (Å²) < 4.78 is 6.39. The van der Waals surface area contributed by atoms with E-state index in [9.17, 15) is 5.26 Å². The second-order valence-corrected chi connectivity index (χ2v) is 9.40. The molecule has 1 aliphatic heterocycles. The Labute approximate surface area is 175 Å². The number of oxazole rings is 1. The second kappa shape index (κ2) is 6.86. The van der Waals surface area contributed by atoms with Gasteiger partial charge in [0.25, 0.3) is 0 Å². The van der Waals surface area contributed by atoms with Gasteiger partial charge in [-0.3, -0.25) is 0 Å². The van der Waals surface area contributed by atoms with Gasteiger partial charge in [-0.1, -0.05) is 0 Å². The molecule has 0 spiro atoms. The van der Waals surface area contributed by atoms with Crippen molar-refractivity contribution < 1.29 is 4.42 Å². The van der Waals surface area contributed by atoms with Gasteiger partial charge >= 0.3 is 0 Å². The van der Waals surface area contributed by atoms with Crippen molar-refractivity contribution in [1.29, 1.82) is 5.26 Å². The Hall–Kier alpha value is -2.36. The lowest BCUT2D eigenvalue weighted by molar-refractivity contribution is 0.315. The van der Waals surface area contributed by atoms with Crippen molar-refractivity contribution in [2.24, 2.45) is 0 Å². The highest BCUT2D eigenvalue weighted by Crippen LogP contribution is 2.48. The Bertz CT molecular complexity index is 1130. The molecular weight excluding hydrogens is 380 g/mol. The summed E-state index contributed by atoms with van der Waals surface area (Å²) in [6, 6.07) is 2.95. The zero-order valence-corrected chi connectivity index (χ0v) is 18.3. The Balaban J connectivity index is 1.80. The van der Waals surface area contributed by atoms with Gasteiger partial charge in [0.15, 0.2) is 11.5 Å². The predicted molar refractivity (Wildman–Crippen MR) is 118 cm³/mol. The lowest BCUT2D eigenvalue weighted by Crippen LogP contribution is -2.31. The van der Waals surface area contributed by atoms with Crippen LogP contribution in [0.15, 0.2) is 15.2 Å². The Morgan fingerprint density at radius 1 is 1.24 bits per heavy atom. The van der Waals surface area contributed by atoms with E-state index in [0.717, 1.165) is 66.2 Å². The standard InChI is InChI=1S/C23H26N4OS/c1-13-11-29-12-18(13)19-14(2)17(9-24)20-22(28-23(25-20)15-5-6-15)21(19)27-8-7-16(10-27)26(3)4/h11-12,15-16H,5-8,10H2,1-4H3. The molecule has 1 unspecified atom stereocenters. The third kappa shape index (κ3) is 2.95. The minimum absolute atomic E-state index is 0.418. The van der Waals surface area contributed by atoms with Gasteiger partial charge in [-0.2, -0.15) is 16.6 Å². The van der Waals surface area contributed by atoms with Crippen LogP contribution in [-0.2, 0) is 0 Å². The number of rotatable bonds is 4. The second-order valence-electron chi connectivity index (χ2n) is 8.66. The lowest BCUT2D eigenvalue weighted by atomic mass is 9.93. The average molecular weight is 407 g/mol. The number of aryl methyl sites for hydroxylation is 1. The SMILES string of the molecule is Cc1cscc1-c1c(C)c(C#N)c2nc(C3CC3)oc2c1N1CCC(N(C)C)C1. The zero-order valence-electron chi connectivity index (χ0n) is 17.5. The van der Waals surface area contributed by atoms with E-state index in [-0.39, 0.29) is 0 Å². The van der Waals surface area contributed by atoms with E-state index >= 15 is 0 Å². The third-order valence-electron chi connectivity index (χ3n) is 6.46. The molecule has 2 aliphatic rings. The number of nitriles is 1.